The van der Waals surface area contributed by atoms with Gasteiger partial charge in [-0.3, -0.25) is 0 Å². The fourth-order valence-corrected chi connectivity index (χ4v) is 3.72. The molecule has 0 spiro atoms. The monoisotopic (exact) mass is 529 g/mol. The Morgan fingerprint density at radius 2 is 1.90 bits per heavy atom. The lowest BCUT2D eigenvalue weighted by atomic mass is 9.99. The highest BCUT2D eigenvalue weighted by Crippen LogP contribution is 2.30. The maximum Gasteiger partial charge on any atom is 0.429 e. The van der Waals surface area contributed by atoms with Crippen LogP contribution in [0.15, 0.2) is 47.6 Å². The maximum absolute atomic E-state index is 12.8. The minimum absolute atomic E-state index is 0.0186. The number of anilines is 1. The van der Waals surface area contributed by atoms with Gasteiger partial charge >= 0.3 is 12.2 Å². The van der Waals surface area contributed by atoms with Gasteiger partial charge in [0.25, 0.3) is 0 Å². The summed E-state index contributed by atoms with van der Waals surface area (Å²) in [5.41, 5.74) is 5.15. The van der Waals surface area contributed by atoms with E-state index in [4.69, 9.17) is 9.47 Å². The van der Waals surface area contributed by atoms with Crippen LogP contribution in [0.4, 0.5) is 15.3 Å². The molecule has 8 nitrogen and oxygen atoms in total. The number of hydrazine groups is 1. The second-order valence-electron chi connectivity index (χ2n) is 6.56. The molecule has 0 saturated carbocycles. The van der Waals surface area contributed by atoms with E-state index in [0.717, 1.165) is 25.4 Å². The Bertz CT molecular complexity index is 812. The van der Waals surface area contributed by atoms with E-state index < -0.39 is 18.2 Å². The van der Waals surface area contributed by atoms with Crippen LogP contribution in [-0.4, -0.2) is 54.2 Å². The summed E-state index contributed by atoms with van der Waals surface area (Å²) in [6.45, 7) is 5.58. The van der Waals surface area contributed by atoms with E-state index in [1.807, 2.05) is 43.3 Å². The van der Waals surface area contributed by atoms with E-state index >= 15 is 0 Å². The first kappa shape index (κ1) is 24.0. The molecular formula is C21H28IN3O5. The molecule has 1 aliphatic carbocycles. The number of rotatable bonds is 7. The standard InChI is InChI=1S/C21H28IN3O5/c1-4-29-20(27)24-25(21(28)30-5-2)19-15(14(3)12-13-26)10-11-18(19)23-17-9-7-6-8-16(17)22/h6-11,18-19,23,26H,4-5,12-13H2,1-3H3,(H,24,27)/b15-14-/t18-,19-/m0/s1. The lowest BCUT2D eigenvalue weighted by Gasteiger charge is -2.34. The first-order chi connectivity index (χ1) is 14.4. The van der Waals surface area contributed by atoms with Gasteiger partial charge in [0.1, 0.15) is 6.04 Å². The van der Waals surface area contributed by atoms with Crippen molar-refractivity contribution >= 4 is 40.5 Å². The SMILES string of the molecule is CCOC(=O)NN(C(=O)OCC)[C@H]1/C(=C(/C)CCO)C=C[C@@H]1Nc1ccccc1I. The molecule has 0 aromatic heterocycles. The summed E-state index contributed by atoms with van der Waals surface area (Å²) in [5, 5.41) is 14.0. The van der Waals surface area contributed by atoms with Gasteiger partial charge in [-0.2, -0.15) is 0 Å². The van der Waals surface area contributed by atoms with Crippen LogP contribution in [0, 0.1) is 3.57 Å². The normalized spacial score (nSPS) is 19.2. The highest BCUT2D eigenvalue weighted by Gasteiger charge is 2.38. The van der Waals surface area contributed by atoms with E-state index in [2.05, 4.69) is 33.3 Å². The van der Waals surface area contributed by atoms with E-state index in [0.29, 0.717) is 6.42 Å². The number of hydrogen-bond donors (Lipinski definition) is 3. The molecule has 2 amide bonds. The number of halogens is 1. The van der Waals surface area contributed by atoms with Crippen molar-refractivity contribution in [2.75, 3.05) is 25.1 Å². The minimum Gasteiger partial charge on any atom is -0.449 e. The number of benzene rings is 1. The number of ether oxygens (including phenoxy) is 2. The van der Waals surface area contributed by atoms with Crippen LogP contribution in [0.3, 0.4) is 0 Å². The van der Waals surface area contributed by atoms with Crippen molar-refractivity contribution in [2.24, 2.45) is 0 Å². The Hall–Kier alpha value is -2.27. The number of carbonyl (C=O) groups excluding carboxylic acids is 2. The zero-order valence-corrected chi connectivity index (χ0v) is 19.5. The van der Waals surface area contributed by atoms with Gasteiger partial charge in [0, 0.05) is 15.9 Å². The Kier molecular flexibility index (Phi) is 9.44. The molecule has 1 aromatic carbocycles. The summed E-state index contributed by atoms with van der Waals surface area (Å²) in [4.78, 5) is 24.9. The third-order valence-electron chi connectivity index (χ3n) is 4.55. The van der Waals surface area contributed by atoms with Crippen molar-refractivity contribution < 1.29 is 24.2 Å². The number of nitrogens with one attached hydrogen (secondary N) is 2. The molecule has 2 rings (SSSR count). The predicted molar refractivity (Wildman–Crippen MR) is 123 cm³/mol. The molecule has 1 aromatic rings. The summed E-state index contributed by atoms with van der Waals surface area (Å²) in [5.74, 6) is 0. The van der Waals surface area contributed by atoms with Crippen LogP contribution in [0.5, 0.6) is 0 Å². The van der Waals surface area contributed by atoms with Crippen molar-refractivity contribution in [1.82, 2.24) is 10.4 Å². The fourth-order valence-electron chi connectivity index (χ4n) is 3.18. The largest absolute Gasteiger partial charge is 0.449 e. The number of para-hydroxylation sites is 1. The van der Waals surface area contributed by atoms with Crippen LogP contribution in [0.1, 0.15) is 27.2 Å². The van der Waals surface area contributed by atoms with E-state index in [-0.39, 0.29) is 25.9 Å². The van der Waals surface area contributed by atoms with Crippen molar-refractivity contribution in [2.45, 2.75) is 39.3 Å². The summed E-state index contributed by atoms with van der Waals surface area (Å²) in [6, 6.07) is 6.87. The second-order valence-corrected chi connectivity index (χ2v) is 7.73. The number of aliphatic hydroxyl groups excluding tert-OH is 1. The molecule has 0 fully saturated rings. The van der Waals surface area contributed by atoms with Gasteiger partial charge in [-0.1, -0.05) is 29.9 Å². The van der Waals surface area contributed by atoms with Crippen LogP contribution in [0.25, 0.3) is 0 Å². The average Bonchev–Trinajstić information content (AvgIpc) is 3.12. The molecule has 0 heterocycles. The van der Waals surface area contributed by atoms with E-state index in [1.165, 1.54) is 0 Å². The molecule has 0 radical (unpaired) electrons. The molecule has 164 valence electrons. The summed E-state index contributed by atoms with van der Waals surface area (Å²) in [6.07, 6.45) is 2.85. The molecule has 2 atom stereocenters. The summed E-state index contributed by atoms with van der Waals surface area (Å²) in [7, 11) is 0. The molecule has 0 aliphatic heterocycles. The fraction of sp³-hybridized carbons (Fsp3) is 0.429. The second kappa shape index (κ2) is 11.8. The number of hydrogen-bond acceptors (Lipinski definition) is 6. The Morgan fingerprint density at radius 3 is 2.53 bits per heavy atom. The van der Waals surface area contributed by atoms with E-state index in [1.54, 1.807) is 13.8 Å². The highest BCUT2D eigenvalue weighted by molar-refractivity contribution is 14.1. The molecule has 9 heteroatoms. The van der Waals surface area contributed by atoms with Crippen LogP contribution in [-0.2, 0) is 9.47 Å². The predicted octanol–water partition coefficient (Wildman–Crippen LogP) is 3.83. The maximum atomic E-state index is 12.8. The van der Waals surface area contributed by atoms with Crippen molar-refractivity contribution in [3.8, 4) is 0 Å². The average molecular weight is 529 g/mol. The zero-order chi connectivity index (χ0) is 22.1. The van der Waals surface area contributed by atoms with Gasteiger partial charge in [-0.05, 0) is 67.5 Å². The molecule has 30 heavy (non-hydrogen) atoms. The Balaban J connectivity index is 2.44. The van der Waals surface area contributed by atoms with Crippen LogP contribution >= 0.6 is 22.6 Å². The first-order valence-electron chi connectivity index (χ1n) is 9.82. The number of nitrogens with zero attached hydrogens (tertiary/aromatic N) is 1. The van der Waals surface area contributed by atoms with Gasteiger partial charge in [-0.15, -0.1) is 0 Å². The zero-order valence-electron chi connectivity index (χ0n) is 17.4. The molecule has 0 bridgehead atoms. The summed E-state index contributed by atoms with van der Waals surface area (Å²) < 4.78 is 11.2. The van der Waals surface area contributed by atoms with Gasteiger partial charge in [0.15, 0.2) is 0 Å². The smallest absolute Gasteiger partial charge is 0.429 e. The van der Waals surface area contributed by atoms with Gasteiger partial charge in [0.05, 0.1) is 19.3 Å². The molecule has 0 saturated heterocycles. The summed E-state index contributed by atoms with van der Waals surface area (Å²) >= 11 is 2.23. The van der Waals surface area contributed by atoms with Crippen molar-refractivity contribution in [3.63, 3.8) is 0 Å². The third-order valence-corrected chi connectivity index (χ3v) is 5.49. The molecule has 0 unspecified atom stereocenters. The lowest BCUT2D eigenvalue weighted by Crippen LogP contribution is -2.57. The first-order valence-corrected chi connectivity index (χ1v) is 10.9. The topological polar surface area (TPSA) is 100 Å². The third kappa shape index (κ3) is 6.11. The van der Waals surface area contributed by atoms with Crippen molar-refractivity contribution in [3.05, 3.63) is 51.1 Å². The van der Waals surface area contributed by atoms with Gasteiger partial charge in [0.2, 0.25) is 0 Å². The van der Waals surface area contributed by atoms with Gasteiger partial charge < -0.3 is 19.9 Å². The van der Waals surface area contributed by atoms with Crippen LogP contribution in [0.2, 0.25) is 0 Å². The highest BCUT2D eigenvalue weighted by atomic mass is 127. The Labute approximate surface area is 190 Å². The number of carbonyl (C=O) groups is 2. The van der Waals surface area contributed by atoms with Gasteiger partial charge in [-0.25, -0.2) is 20.0 Å². The van der Waals surface area contributed by atoms with Crippen LogP contribution < -0.4 is 10.7 Å². The number of amides is 2. The van der Waals surface area contributed by atoms with Crippen molar-refractivity contribution in [1.29, 1.82) is 0 Å². The number of aliphatic hydroxyl groups is 1. The lowest BCUT2D eigenvalue weighted by molar-refractivity contribution is 0.0616. The molecular weight excluding hydrogens is 501 g/mol. The minimum atomic E-state index is -0.746. The molecule has 1 aliphatic rings. The molecule has 3 N–H and O–H groups in total. The van der Waals surface area contributed by atoms with E-state index in [9.17, 15) is 14.7 Å². The Morgan fingerprint density at radius 1 is 1.20 bits per heavy atom. The quantitative estimate of drug-likeness (QED) is 0.367.